The van der Waals surface area contributed by atoms with Crippen molar-refractivity contribution in [3.63, 3.8) is 0 Å². The molecule has 0 radical (unpaired) electrons. The molecule has 0 bridgehead atoms. The van der Waals surface area contributed by atoms with Crippen LogP contribution < -0.4 is 11.1 Å². The fraction of sp³-hybridized carbons (Fsp3) is 0.733. The second-order valence-electron chi connectivity index (χ2n) is 6.49. The molecule has 0 aromatic carbocycles. The number of amides is 1. The Hall–Kier alpha value is -1.40. The second kappa shape index (κ2) is 7.56. The lowest BCUT2D eigenvalue weighted by Crippen LogP contribution is -2.42. The van der Waals surface area contributed by atoms with Crippen molar-refractivity contribution in [1.29, 1.82) is 0 Å². The molecule has 0 aliphatic heterocycles. The van der Waals surface area contributed by atoms with Gasteiger partial charge in [-0.05, 0) is 24.4 Å². The number of rotatable bonds is 8. The molecule has 1 amide bonds. The Balaban J connectivity index is 2.54. The summed E-state index contributed by atoms with van der Waals surface area (Å²) >= 11 is 0. The molecule has 0 aliphatic rings. The summed E-state index contributed by atoms with van der Waals surface area (Å²) in [6.45, 7) is 12.8. The van der Waals surface area contributed by atoms with Gasteiger partial charge in [-0.1, -0.05) is 39.8 Å². The topological polar surface area (TPSA) is 84.4 Å². The maximum Gasteiger partial charge on any atom is 0.240 e. The van der Waals surface area contributed by atoms with Crippen molar-refractivity contribution >= 4 is 11.8 Å². The van der Waals surface area contributed by atoms with Gasteiger partial charge in [0.15, 0.2) is 0 Å². The number of nitrogens with two attached hydrogens (primary N) is 1. The maximum atomic E-state index is 12.1. The van der Waals surface area contributed by atoms with Crippen LogP contribution in [0.3, 0.4) is 0 Å². The third-order valence-electron chi connectivity index (χ3n) is 3.40. The van der Waals surface area contributed by atoms with Crippen molar-refractivity contribution in [3.8, 4) is 0 Å². The van der Waals surface area contributed by atoms with Crippen LogP contribution in [0.5, 0.6) is 0 Å². The molecule has 1 aromatic heterocycles. The van der Waals surface area contributed by atoms with Gasteiger partial charge in [0.25, 0.3) is 0 Å². The summed E-state index contributed by atoms with van der Waals surface area (Å²) < 4.78 is 5.11. The van der Waals surface area contributed by atoms with Gasteiger partial charge in [-0.25, -0.2) is 0 Å². The average Bonchev–Trinajstić information content (AvgIpc) is 2.86. The van der Waals surface area contributed by atoms with Gasteiger partial charge in [-0.15, -0.1) is 0 Å². The van der Waals surface area contributed by atoms with Gasteiger partial charge in [0, 0.05) is 12.6 Å². The summed E-state index contributed by atoms with van der Waals surface area (Å²) in [6.07, 6.45) is 0. The van der Waals surface area contributed by atoms with Crippen molar-refractivity contribution in [1.82, 2.24) is 10.1 Å². The first-order valence-electron chi connectivity index (χ1n) is 7.46. The number of carbonyl (C=O) groups is 1. The largest absolute Gasteiger partial charge is 0.338 e. The maximum absolute atomic E-state index is 12.1. The highest BCUT2D eigenvalue weighted by Gasteiger charge is 2.21. The van der Waals surface area contributed by atoms with Crippen molar-refractivity contribution in [3.05, 3.63) is 11.8 Å². The van der Waals surface area contributed by atoms with Gasteiger partial charge in [-0.2, -0.15) is 0 Å². The molecule has 0 unspecified atom stereocenters. The molecule has 0 atom stereocenters. The molecule has 21 heavy (non-hydrogen) atoms. The van der Waals surface area contributed by atoms with E-state index in [9.17, 15) is 4.79 Å². The highest BCUT2D eigenvalue weighted by atomic mass is 16.5. The molecule has 0 aliphatic carbocycles. The number of nitrogens with zero attached hydrogens (tertiary/aromatic N) is 2. The van der Waals surface area contributed by atoms with Crippen molar-refractivity contribution in [2.75, 3.05) is 31.5 Å². The van der Waals surface area contributed by atoms with Crippen molar-refractivity contribution in [2.24, 2.45) is 11.1 Å². The van der Waals surface area contributed by atoms with Crippen molar-refractivity contribution in [2.45, 2.75) is 40.5 Å². The molecule has 1 aromatic rings. The predicted octanol–water partition coefficient (Wildman–Crippen LogP) is 2.04. The van der Waals surface area contributed by atoms with E-state index in [1.54, 1.807) is 6.07 Å². The zero-order chi connectivity index (χ0) is 16.0. The lowest BCUT2D eigenvalue weighted by Gasteiger charge is -2.30. The van der Waals surface area contributed by atoms with Crippen molar-refractivity contribution < 1.29 is 9.32 Å². The molecule has 3 N–H and O–H groups in total. The summed E-state index contributed by atoms with van der Waals surface area (Å²) in [5, 5.41) is 6.67. The van der Waals surface area contributed by atoms with E-state index in [0.29, 0.717) is 19.0 Å². The third kappa shape index (κ3) is 5.85. The van der Waals surface area contributed by atoms with Gasteiger partial charge in [0.1, 0.15) is 0 Å². The fourth-order valence-electron chi connectivity index (χ4n) is 1.95. The third-order valence-corrected chi connectivity index (χ3v) is 3.40. The Morgan fingerprint density at radius 2 is 2.19 bits per heavy atom. The molecule has 1 heterocycles. The molecular weight excluding hydrogens is 268 g/mol. The van der Waals surface area contributed by atoms with Gasteiger partial charge in [-0.3, -0.25) is 15.0 Å². The number of aromatic nitrogens is 1. The summed E-state index contributed by atoms with van der Waals surface area (Å²) in [5.74, 6) is 0.575. The standard InChI is InChI=1S/C15H28N4O2/c1-6-19(10-15(4,5)9-16)8-13(20)17-14-7-12(11(2)3)18-21-14/h7,11H,6,8-10,16H2,1-5H3,(H,17,20). The first-order chi connectivity index (χ1) is 9.77. The highest BCUT2D eigenvalue weighted by Crippen LogP contribution is 2.18. The van der Waals surface area contributed by atoms with Crippen LogP contribution in [0.25, 0.3) is 0 Å². The zero-order valence-electron chi connectivity index (χ0n) is 13.8. The minimum atomic E-state index is -0.101. The van der Waals surface area contributed by atoms with Crippen LogP contribution in [0.4, 0.5) is 5.88 Å². The Kier molecular flexibility index (Phi) is 6.36. The Labute approximate surface area is 127 Å². The number of likely N-dealkylation sites (N-methyl/N-ethyl adjacent to an activating group) is 1. The molecule has 0 spiro atoms. The second-order valence-corrected chi connectivity index (χ2v) is 6.49. The molecule has 1 rings (SSSR count). The monoisotopic (exact) mass is 296 g/mol. The SMILES string of the molecule is CCN(CC(=O)Nc1cc(C(C)C)no1)CC(C)(C)CN. The quantitative estimate of drug-likeness (QED) is 0.767. The molecule has 120 valence electrons. The Bertz CT molecular complexity index is 454. The summed E-state index contributed by atoms with van der Waals surface area (Å²) in [5.41, 5.74) is 6.57. The van der Waals surface area contributed by atoms with Crippen LogP contribution in [0.2, 0.25) is 0 Å². The Morgan fingerprint density at radius 3 is 2.67 bits per heavy atom. The van der Waals surface area contributed by atoms with Gasteiger partial charge < -0.3 is 10.3 Å². The van der Waals surface area contributed by atoms with E-state index in [4.69, 9.17) is 10.3 Å². The number of hydrogen-bond acceptors (Lipinski definition) is 5. The molecule has 0 fully saturated rings. The minimum Gasteiger partial charge on any atom is -0.338 e. The molecule has 0 saturated carbocycles. The Morgan fingerprint density at radius 1 is 1.52 bits per heavy atom. The highest BCUT2D eigenvalue weighted by molar-refractivity contribution is 5.90. The molecule has 6 nitrogen and oxygen atoms in total. The van der Waals surface area contributed by atoms with E-state index >= 15 is 0 Å². The number of carbonyl (C=O) groups excluding carboxylic acids is 1. The van der Waals surface area contributed by atoms with E-state index in [-0.39, 0.29) is 17.2 Å². The number of anilines is 1. The van der Waals surface area contributed by atoms with Crippen LogP contribution in [-0.2, 0) is 4.79 Å². The zero-order valence-corrected chi connectivity index (χ0v) is 13.8. The molecular formula is C15H28N4O2. The first-order valence-corrected chi connectivity index (χ1v) is 7.46. The summed E-state index contributed by atoms with van der Waals surface area (Å²) in [7, 11) is 0. The van der Waals surface area contributed by atoms with Gasteiger partial charge in [0.05, 0.1) is 12.2 Å². The van der Waals surface area contributed by atoms with Crippen LogP contribution in [-0.4, -0.2) is 42.1 Å². The minimum absolute atomic E-state index is 0.00661. The smallest absolute Gasteiger partial charge is 0.240 e. The van der Waals surface area contributed by atoms with E-state index in [1.807, 2.05) is 20.8 Å². The normalized spacial score (nSPS) is 12.2. The number of hydrogen-bond donors (Lipinski definition) is 2. The van der Waals surface area contributed by atoms with Crippen LogP contribution in [0.15, 0.2) is 10.6 Å². The fourth-order valence-corrected chi connectivity index (χ4v) is 1.95. The van der Waals surface area contributed by atoms with Crippen LogP contribution >= 0.6 is 0 Å². The van der Waals surface area contributed by atoms with E-state index in [0.717, 1.165) is 18.8 Å². The predicted molar refractivity (Wildman–Crippen MR) is 84.2 cm³/mol. The molecule has 0 saturated heterocycles. The molecule has 6 heteroatoms. The van der Waals surface area contributed by atoms with E-state index < -0.39 is 0 Å². The van der Waals surface area contributed by atoms with Gasteiger partial charge >= 0.3 is 0 Å². The van der Waals surface area contributed by atoms with E-state index in [2.05, 4.69) is 29.2 Å². The van der Waals surface area contributed by atoms with Crippen LogP contribution in [0, 0.1) is 5.41 Å². The summed E-state index contributed by atoms with van der Waals surface area (Å²) in [6, 6.07) is 1.77. The lowest BCUT2D eigenvalue weighted by molar-refractivity contribution is -0.117. The van der Waals surface area contributed by atoms with Crippen LogP contribution in [0.1, 0.15) is 46.2 Å². The van der Waals surface area contributed by atoms with E-state index in [1.165, 1.54) is 0 Å². The average molecular weight is 296 g/mol. The summed E-state index contributed by atoms with van der Waals surface area (Å²) in [4.78, 5) is 14.1. The lowest BCUT2D eigenvalue weighted by atomic mass is 9.93. The van der Waals surface area contributed by atoms with Gasteiger partial charge in [0.2, 0.25) is 11.8 Å². The first kappa shape index (κ1) is 17.7. The number of nitrogens with one attached hydrogen (secondary N) is 1.